The van der Waals surface area contributed by atoms with E-state index >= 15 is 0 Å². The summed E-state index contributed by atoms with van der Waals surface area (Å²) in [6, 6.07) is 5.77. The van der Waals surface area contributed by atoms with E-state index in [9.17, 15) is 4.79 Å². The van der Waals surface area contributed by atoms with Crippen molar-refractivity contribution in [1.29, 1.82) is 0 Å². The zero-order valence-corrected chi connectivity index (χ0v) is 14.2. The molecule has 1 rings (SSSR count). The van der Waals surface area contributed by atoms with E-state index in [1.807, 2.05) is 18.2 Å². The first kappa shape index (κ1) is 16.3. The molecule has 0 fully saturated rings. The van der Waals surface area contributed by atoms with E-state index < -0.39 is 8.32 Å². The Morgan fingerprint density at radius 1 is 1.32 bits per heavy atom. The Bertz CT molecular complexity index is 450. The van der Waals surface area contributed by atoms with Crippen LogP contribution in [0.4, 0.5) is 0 Å². The molecule has 0 heterocycles. The average Bonchev–Trinajstić information content (AvgIpc) is 2.26. The summed E-state index contributed by atoms with van der Waals surface area (Å²) in [5, 5.41) is 0.841. The molecule has 0 N–H and O–H groups in total. The standard InChI is InChI=1S/C15H23ClO2Si/c1-15(2,3)19(4,5)18-13-9-8-12(7-6-10-17)14(16)11-13/h8-11H,6-7H2,1-5H3. The molecule has 0 aliphatic heterocycles. The molecule has 1 aromatic carbocycles. The van der Waals surface area contributed by atoms with Crippen LogP contribution < -0.4 is 4.43 Å². The highest BCUT2D eigenvalue weighted by Gasteiger charge is 2.38. The van der Waals surface area contributed by atoms with Gasteiger partial charge in [0.2, 0.25) is 8.32 Å². The van der Waals surface area contributed by atoms with E-state index in [0.717, 1.165) is 17.6 Å². The number of aldehydes is 1. The second-order valence-electron chi connectivity index (χ2n) is 6.32. The van der Waals surface area contributed by atoms with Crippen LogP contribution in [0, 0.1) is 0 Å². The van der Waals surface area contributed by atoms with Crippen LogP contribution in [-0.4, -0.2) is 14.6 Å². The van der Waals surface area contributed by atoms with E-state index in [1.54, 1.807) is 0 Å². The predicted molar refractivity (Wildman–Crippen MR) is 83.7 cm³/mol. The molecular weight excluding hydrogens is 276 g/mol. The van der Waals surface area contributed by atoms with E-state index in [4.69, 9.17) is 16.0 Å². The summed E-state index contributed by atoms with van der Waals surface area (Å²) in [6.07, 6.45) is 2.10. The van der Waals surface area contributed by atoms with Gasteiger partial charge in [-0.2, -0.15) is 0 Å². The smallest absolute Gasteiger partial charge is 0.250 e. The van der Waals surface area contributed by atoms with E-state index in [2.05, 4.69) is 33.9 Å². The number of halogens is 1. The Labute approximate surface area is 122 Å². The van der Waals surface area contributed by atoms with Crippen LogP contribution in [-0.2, 0) is 11.2 Å². The van der Waals surface area contributed by atoms with Crippen molar-refractivity contribution in [3.63, 3.8) is 0 Å². The van der Waals surface area contributed by atoms with Gasteiger partial charge in [-0.25, -0.2) is 0 Å². The van der Waals surface area contributed by atoms with Crippen LogP contribution >= 0.6 is 11.6 Å². The molecule has 0 atom stereocenters. The monoisotopic (exact) mass is 298 g/mol. The number of benzene rings is 1. The third kappa shape index (κ3) is 4.36. The molecule has 106 valence electrons. The van der Waals surface area contributed by atoms with Crippen molar-refractivity contribution in [3.05, 3.63) is 28.8 Å². The SMILES string of the molecule is CC(C)(C)[Si](C)(C)Oc1ccc(CCC=O)c(Cl)c1. The molecule has 0 saturated heterocycles. The van der Waals surface area contributed by atoms with Crippen molar-refractivity contribution in [1.82, 2.24) is 0 Å². The Kier molecular flexibility index (Phi) is 5.22. The minimum atomic E-state index is -1.83. The van der Waals surface area contributed by atoms with Crippen LogP contribution in [0.15, 0.2) is 18.2 Å². The van der Waals surface area contributed by atoms with Gasteiger partial charge in [0.25, 0.3) is 0 Å². The molecule has 4 heteroatoms. The number of hydrogen-bond donors (Lipinski definition) is 0. The van der Waals surface area contributed by atoms with Crippen molar-refractivity contribution < 1.29 is 9.22 Å². The summed E-state index contributed by atoms with van der Waals surface area (Å²) in [4.78, 5) is 10.4. The molecule has 0 unspecified atom stereocenters. The number of hydrogen-bond acceptors (Lipinski definition) is 2. The molecule has 0 radical (unpaired) electrons. The van der Waals surface area contributed by atoms with Crippen molar-refractivity contribution >= 4 is 26.2 Å². The summed E-state index contributed by atoms with van der Waals surface area (Å²) in [5.41, 5.74) is 0.997. The molecule has 2 nitrogen and oxygen atoms in total. The minimum absolute atomic E-state index is 0.162. The van der Waals surface area contributed by atoms with Gasteiger partial charge in [-0.1, -0.05) is 38.4 Å². The first-order valence-corrected chi connectivity index (χ1v) is 9.87. The largest absolute Gasteiger partial charge is 0.543 e. The van der Waals surface area contributed by atoms with Gasteiger partial charge >= 0.3 is 0 Å². The Balaban J connectivity index is 2.87. The molecule has 0 aliphatic rings. The molecule has 1 aromatic rings. The van der Waals surface area contributed by atoms with E-state index in [1.165, 1.54) is 0 Å². The fourth-order valence-corrected chi connectivity index (χ4v) is 2.74. The van der Waals surface area contributed by atoms with Gasteiger partial charge in [-0.05, 0) is 42.2 Å². The lowest BCUT2D eigenvalue weighted by molar-refractivity contribution is -0.107. The third-order valence-corrected chi connectivity index (χ3v) is 8.45. The zero-order valence-electron chi connectivity index (χ0n) is 12.4. The highest BCUT2D eigenvalue weighted by atomic mass is 35.5. The summed E-state index contributed by atoms with van der Waals surface area (Å²) in [7, 11) is -1.83. The van der Waals surface area contributed by atoms with Crippen molar-refractivity contribution in [2.24, 2.45) is 0 Å². The minimum Gasteiger partial charge on any atom is -0.543 e. The lowest BCUT2D eigenvalue weighted by atomic mass is 10.1. The maximum Gasteiger partial charge on any atom is 0.250 e. The summed E-state index contributed by atoms with van der Waals surface area (Å²) < 4.78 is 6.19. The van der Waals surface area contributed by atoms with Crippen LogP contribution in [0.2, 0.25) is 23.2 Å². The quantitative estimate of drug-likeness (QED) is 0.573. The number of aryl methyl sites for hydroxylation is 1. The first-order chi connectivity index (χ1) is 8.67. The molecular formula is C15H23ClO2Si. The third-order valence-electron chi connectivity index (χ3n) is 3.74. The fraction of sp³-hybridized carbons (Fsp3) is 0.533. The Morgan fingerprint density at radius 2 is 1.95 bits per heavy atom. The lowest BCUT2D eigenvalue weighted by Crippen LogP contribution is -2.43. The molecule has 0 aromatic heterocycles. The van der Waals surface area contributed by atoms with Gasteiger partial charge in [0.05, 0.1) is 0 Å². The average molecular weight is 299 g/mol. The van der Waals surface area contributed by atoms with Gasteiger partial charge in [0, 0.05) is 11.4 Å². The zero-order chi connectivity index (χ0) is 14.7. The highest BCUT2D eigenvalue weighted by molar-refractivity contribution is 6.74. The lowest BCUT2D eigenvalue weighted by Gasteiger charge is -2.36. The fourth-order valence-electron chi connectivity index (χ4n) is 1.46. The second kappa shape index (κ2) is 6.10. The summed E-state index contributed by atoms with van der Waals surface area (Å²) in [5.74, 6) is 0.825. The highest BCUT2D eigenvalue weighted by Crippen LogP contribution is 2.38. The molecule has 0 amide bonds. The molecule has 0 bridgehead atoms. The van der Waals surface area contributed by atoms with Gasteiger partial charge in [0.15, 0.2) is 0 Å². The maximum absolute atomic E-state index is 10.4. The Hall–Kier alpha value is -0.803. The summed E-state index contributed by atoms with van der Waals surface area (Å²) in [6.45, 7) is 11.0. The van der Waals surface area contributed by atoms with Gasteiger partial charge in [-0.3, -0.25) is 0 Å². The first-order valence-electron chi connectivity index (χ1n) is 6.58. The normalized spacial score (nSPS) is 12.3. The van der Waals surface area contributed by atoms with Crippen LogP contribution in [0.1, 0.15) is 32.8 Å². The Morgan fingerprint density at radius 3 is 2.42 bits per heavy atom. The van der Waals surface area contributed by atoms with Gasteiger partial charge in [-0.15, -0.1) is 0 Å². The topological polar surface area (TPSA) is 26.3 Å². The van der Waals surface area contributed by atoms with Crippen LogP contribution in [0.25, 0.3) is 0 Å². The van der Waals surface area contributed by atoms with Gasteiger partial charge < -0.3 is 9.22 Å². The van der Waals surface area contributed by atoms with E-state index in [0.29, 0.717) is 17.9 Å². The van der Waals surface area contributed by atoms with Crippen molar-refractivity contribution in [2.75, 3.05) is 0 Å². The maximum atomic E-state index is 10.4. The second-order valence-corrected chi connectivity index (χ2v) is 11.5. The predicted octanol–water partition coefficient (Wildman–Crippen LogP) is 4.86. The summed E-state index contributed by atoms with van der Waals surface area (Å²) >= 11 is 6.23. The number of rotatable bonds is 5. The molecule has 0 aliphatic carbocycles. The van der Waals surface area contributed by atoms with Crippen LogP contribution in [0.5, 0.6) is 5.75 Å². The number of carbonyl (C=O) groups is 1. The molecule has 0 spiro atoms. The van der Waals surface area contributed by atoms with Crippen molar-refractivity contribution in [2.45, 2.75) is 51.7 Å². The van der Waals surface area contributed by atoms with Crippen molar-refractivity contribution in [3.8, 4) is 5.75 Å². The molecule has 0 saturated carbocycles. The molecule has 19 heavy (non-hydrogen) atoms. The number of carbonyl (C=O) groups excluding carboxylic acids is 1. The van der Waals surface area contributed by atoms with Crippen LogP contribution in [0.3, 0.4) is 0 Å². The van der Waals surface area contributed by atoms with E-state index in [-0.39, 0.29) is 5.04 Å². The van der Waals surface area contributed by atoms with Gasteiger partial charge in [0.1, 0.15) is 12.0 Å².